The molecule has 0 amide bonds. The lowest BCUT2D eigenvalue weighted by Gasteiger charge is -2.22. The maximum Gasteiger partial charge on any atom is 0.295 e. The van der Waals surface area contributed by atoms with Crippen molar-refractivity contribution in [3.05, 3.63) is 45.5 Å². The van der Waals surface area contributed by atoms with E-state index in [-0.39, 0.29) is 5.69 Å². The number of benzene rings is 2. The lowest BCUT2D eigenvalue weighted by molar-refractivity contribution is -0.384. The summed E-state index contributed by atoms with van der Waals surface area (Å²) in [6, 6.07) is 8.65. The third kappa shape index (κ3) is 2.07. The first kappa shape index (κ1) is 13.1. The molecule has 0 saturated heterocycles. The molecule has 2 aromatic carbocycles. The van der Waals surface area contributed by atoms with Gasteiger partial charge in [-0.15, -0.1) is 0 Å². The highest BCUT2D eigenvalue weighted by molar-refractivity contribution is 7.99. The maximum atomic E-state index is 11.2. The lowest BCUT2D eigenvalue weighted by atomic mass is 10.2. The van der Waals surface area contributed by atoms with Gasteiger partial charge in [-0.25, -0.2) is 0 Å². The van der Waals surface area contributed by atoms with Crippen molar-refractivity contribution < 1.29 is 9.66 Å². The number of rotatable bonds is 2. The Morgan fingerprint density at radius 3 is 2.80 bits per heavy atom. The Morgan fingerprint density at radius 2 is 2.10 bits per heavy atom. The molecule has 7 heteroatoms. The number of nitro groups is 1. The summed E-state index contributed by atoms with van der Waals surface area (Å²) >= 11 is 7.37. The lowest BCUT2D eigenvalue weighted by Crippen LogP contribution is -2.05. The Kier molecular flexibility index (Phi) is 3.19. The van der Waals surface area contributed by atoms with Crippen LogP contribution >= 0.6 is 23.4 Å². The Balaban J connectivity index is 2.18. The monoisotopic (exact) mass is 308 g/mol. The fourth-order valence-electron chi connectivity index (χ4n) is 2.05. The second-order valence-corrected chi connectivity index (χ2v) is 5.64. The molecule has 0 radical (unpaired) electrons. The Labute approximate surface area is 124 Å². The van der Waals surface area contributed by atoms with Crippen LogP contribution in [0.2, 0.25) is 5.02 Å². The molecule has 1 heterocycles. The van der Waals surface area contributed by atoms with Crippen molar-refractivity contribution in [3.8, 4) is 5.75 Å². The highest BCUT2D eigenvalue weighted by Gasteiger charge is 2.26. The predicted molar refractivity (Wildman–Crippen MR) is 78.5 cm³/mol. The number of halogens is 1. The van der Waals surface area contributed by atoms with Gasteiger partial charge in [-0.2, -0.15) is 0 Å². The number of anilines is 2. The summed E-state index contributed by atoms with van der Waals surface area (Å²) in [5.41, 5.74) is 1.14. The molecule has 0 spiro atoms. The quantitative estimate of drug-likeness (QED) is 0.559. The van der Waals surface area contributed by atoms with E-state index in [1.54, 1.807) is 19.2 Å². The normalized spacial score (nSPS) is 12.1. The predicted octanol–water partition coefficient (Wildman–Crippen LogP) is 4.47. The molecule has 0 atom stereocenters. The minimum absolute atomic E-state index is 0.0449. The largest absolute Gasteiger partial charge is 0.495 e. The van der Waals surface area contributed by atoms with E-state index in [2.05, 4.69) is 5.32 Å². The van der Waals surface area contributed by atoms with E-state index >= 15 is 0 Å². The summed E-state index contributed by atoms with van der Waals surface area (Å²) in [6.07, 6.45) is 0. The SMILES string of the molecule is COc1cccc2c1Nc1c(cc(Cl)cc1[N+](=O)[O-])S2. The van der Waals surface area contributed by atoms with Crippen LogP contribution in [0.5, 0.6) is 5.75 Å². The van der Waals surface area contributed by atoms with E-state index in [0.29, 0.717) is 16.5 Å². The highest BCUT2D eigenvalue weighted by Crippen LogP contribution is 2.51. The molecule has 0 aromatic heterocycles. The number of methoxy groups -OCH3 is 1. The van der Waals surface area contributed by atoms with Crippen LogP contribution in [0.1, 0.15) is 0 Å². The number of nitro benzene ring substituents is 1. The molecule has 5 nitrogen and oxygen atoms in total. The van der Waals surface area contributed by atoms with E-state index in [4.69, 9.17) is 16.3 Å². The first-order valence-corrected chi connectivity index (χ1v) is 6.89. The Bertz CT molecular complexity index is 721. The minimum Gasteiger partial charge on any atom is -0.495 e. The second kappa shape index (κ2) is 4.88. The van der Waals surface area contributed by atoms with E-state index in [1.165, 1.54) is 17.8 Å². The van der Waals surface area contributed by atoms with Crippen LogP contribution in [0.15, 0.2) is 40.1 Å². The standard InChI is InChI=1S/C13H9ClN2O3S/c1-19-9-3-2-4-10-13(9)15-12-8(16(17)18)5-7(14)6-11(12)20-10/h2-6,15H,1H3. The summed E-state index contributed by atoms with van der Waals surface area (Å²) < 4.78 is 5.28. The summed E-state index contributed by atoms with van der Waals surface area (Å²) in [5, 5.41) is 14.6. The number of nitrogens with one attached hydrogen (secondary N) is 1. The topological polar surface area (TPSA) is 64.4 Å². The van der Waals surface area contributed by atoms with Gasteiger partial charge in [-0.05, 0) is 18.2 Å². The van der Waals surface area contributed by atoms with Crippen LogP contribution in [-0.4, -0.2) is 12.0 Å². The van der Waals surface area contributed by atoms with Crippen molar-refractivity contribution in [2.75, 3.05) is 12.4 Å². The van der Waals surface area contributed by atoms with Gasteiger partial charge in [0.15, 0.2) is 0 Å². The molecule has 0 aliphatic carbocycles. The van der Waals surface area contributed by atoms with Crippen molar-refractivity contribution in [3.63, 3.8) is 0 Å². The molecular weight excluding hydrogens is 300 g/mol. The third-order valence-corrected chi connectivity index (χ3v) is 4.24. The van der Waals surface area contributed by atoms with Gasteiger partial charge >= 0.3 is 0 Å². The van der Waals surface area contributed by atoms with Gasteiger partial charge in [0.05, 0.1) is 17.7 Å². The van der Waals surface area contributed by atoms with Crippen LogP contribution in [0.4, 0.5) is 17.1 Å². The molecule has 0 bridgehead atoms. The smallest absolute Gasteiger partial charge is 0.295 e. The molecular formula is C13H9ClN2O3S. The van der Waals surface area contributed by atoms with Crippen molar-refractivity contribution in [2.24, 2.45) is 0 Å². The molecule has 20 heavy (non-hydrogen) atoms. The number of hydrogen-bond acceptors (Lipinski definition) is 5. The molecule has 0 saturated carbocycles. The van der Waals surface area contributed by atoms with Crippen LogP contribution in [0.25, 0.3) is 0 Å². The first-order chi connectivity index (χ1) is 9.60. The van der Waals surface area contributed by atoms with Crippen LogP contribution in [-0.2, 0) is 0 Å². The van der Waals surface area contributed by atoms with E-state index in [9.17, 15) is 10.1 Å². The minimum atomic E-state index is -0.446. The number of para-hydroxylation sites is 1. The third-order valence-electron chi connectivity index (χ3n) is 2.92. The van der Waals surface area contributed by atoms with Gasteiger partial charge in [0.2, 0.25) is 0 Å². The summed E-state index contributed by atoms with van der Waals surface area (Å²) in [7, 11) is 1.56. The van der Waals surface area contributed by atoms with Crippen LogP contribution < -0.4 is 10.1 Å². The number of hydrogen-bond donors (Lipinski definition) is 1. The van der Waals surface area contributed by atoms with Crippen molar-refractivity contribution in [2.45, 2.75) is 9.79 Å². The molecule has 2 aromatic rings. The average Bonchev–Trinajstić information content (AvgIpc) is 2.43. The van der Waals surface area contributed by atoms with Gasteiger partial charge in [-0.3, -0.25) is 10.1 Å². The summed E-state index contributed by atoms with van der Waals surface area (Å²) in [6.45, 7) is 0. The zero-order valence-electron chi connectivity index (χ0n) is 10.3. The highest BCUT2D eigenvalue weighted by atomic mass is 35.5. The fraction of sp³-hybridized carbons (Fsp3) is 0.0769. The zero-order valence-corrected chi connectivity index (χ0v) is 11.9. The van der Waals surface area contributed by atoms with Crippen molar-refractivity contribution >= 4 is 40.4 Å². The van der Waals surface area contributed by atoms with Gasteiger partial charge in [0.1, 0.15) is 11.4 Å². The zero-order chi connectivity index (χ0) is 14.3. The molecule has 1 aliphatic heterocycles. The van der Waals surface area contributed by atoms with E-state index in [0.717, 1.165) is 15.5 Å². The average molecular weight is 309 g/mol. The second-order valence-electron chi connectivity index (χ2n) is 4.12. The van der Waals surface area contributed by atoms with Crippen molar-refractivity contribution in [1.82, 2.24) is 0 Å². The number of nitrogens with zero attached hydrogens (tertiary/aromatic N) is 1. The van der Waals surface area contributed by atoms with Gasteiger partial charge in [0.25, 0.3) is 5.69 Å². The molecule has 102 valence electrons. The fourth-order valence-corrected chi connectivity index (χ4v) is 3.41. The molecule has 0 fully saturated rings. The molecule has 3 rings (SSSR count). The Morgan fingerprint density at radius 1 is 1.30 bits per heavy atom. The van der Waals surface area contributed by atoms with E-state index in [1.807, 2.05) is 12.1 Å². The number of ether oxygens (including phenoxy) is 1. The maximum absolute atomic E-state index is 11.2. The summed E-state index contributed by atoms with van der Waals surface area (Å²) in [5.74, 6) is 0.643. The van der Waals surface area contributed by atoms with E-state index < -0.39 is 4.92 Å². The van der Waals surface area contributed by atoms with Crippen LogP contribution in [0, 0.1) is 10.1 Å². The molecule has 1 N–H and O–H groups in total. The van der Waals surface area contributed by atoms with Gasteiger partial charge in [-0.1, -0.05) is 29.4 Å². The van der Waals surface area contributed by atoms with Gasteiger partial charge < -0.3 is 10.1 Å². The van der Waals surface area contributed by atoms with Gasteiger partial charge in [0, 0.05) is 20.9 Å². The first-order valence-electron chi connectivity index (χ1n) is 5.70. The molecule has 0 unspecified atom stereocenters. The Hall–Kier alpha value is -1.92. The number of fused-ring (bicyclic) bond motifs is 2. The molecule has 1 aliphatic rings. The summed E-state index contributed by atoms with van der Waals surface area (Å²) in [4.78, 5) is 12.4. The van der Waals surface area contributed by atoms with Crippen LogP contribution in [0.3, 0.4) is 0 Å². The van der Waals surface area contributed by atoms with Crippen molar-refractivity contribution in [1.29, 1.82) is 0 Å².